The summed E-state index contributed by atoms with van der Waals surface area (Å²) in [5.41, 5.74) is 1.19. The average Bonchev–Trinajstić information content (AvgIpc) is 2.82. The monoisotopic (exact) mass is 279 g/mol. The van der Waals surface area contributed by atoms with E-state index in [0.29, 0.717) is 12.6 Å². The highest BCUT2D eigenvalue weighted by atomic mass is 19.1. The lowest BCUT2D eigenvalue weighted by molar-refractivity contribution is -0.117. The molecule has 0 aromatic heterocycles. The molecular weight excluding hydrogens is 257 g/mol. The van der Waals surface area contributed by atoms with Crippen molar-refractivity contribution in [2.45, 2.75) is 19.4 Å². The van der Waals surface area contributed by atoms with E-state index in [1.807, 2.05) is 6.92 Å². The minimum absolute atomic E-state index is 0.158. The van der Waals surface area contributed by atoms with Crippen LogP contribution in [0.2, 0.25) is 0 Å². The van der Waals surface area contributed by atoms with Crippen molar-refractivity contribution in [1.82, 2.24) is 9.80 Å². The van der Waals surface area contributed by atoms with Gasteiger partial charge in [0.05, 0.1) is 12.2 Å². The summed E-state index contributed by atoms with van der Waals surface area (Å²) >= 11 is 0. The molecule has 1 aromatic rings. The number of anilines is 1. The standard InChI is InChI=1S/C15H22FN3O/c1-11-4-5-13(16)14(8-11)17-15(20)10-19-7-6-12(9-19)18(2)3/h4-5,8,12H,6-7,9-10H2,1-3H3,(H,17,20). The molecule has 20 heavy (non-hydrogen) atoms. The maximum atomic E-state index is 13.6. The molecule has 1 saturated heterocycles. The normalized spacial score (nSPS) is 19.6. The number of hydrogen-bond acceptors (Lipinski definition) is 3. The highest BCUT2D eigenvalue weighted by Crippen LogP contribution is 2.16. The van der Waals surface area contributed by atoms with Gasteiger partial charge in [-0.1, -0.05) is 6.07 Å². The number of benzene rings is 1. The number of carbonyl (C=O) groups excluding carboxylic acids is 1. The molecule has 110 valence electrons. The number of halogens is 1. The van der Waals surface area contributed by atoms with E-state index in [0.717, 1.165) is 25.1 Å². The van der Waals surface area contributed by atoms with Crippen LogP contribution in [0.4, 0.5) is 10.1 Å². The summed E-state index contributed by atoms with van der Waals surface area (Å²) in [4.78, 5) is 16.3. The molecule has 5 heteroatoms. The number of carbonyl (C=O) groups is 1. The van der Waals surface area contributed by atoms with E-state index in [4.69, 9.17) is 0 Å². The minimum Gasteiger partial charge on any atom is -0.322 e. The van der Waals surface area contributed by atoms with Gasteiger partial charge in [-0.25, -0.2) is 4.39 Å². The van der Waals surface area contributed by atoms with Crippen molar-refractivity contribution in [3.8, 4) is 0 Å². The third kappa shape index (κ3) is 3.77. The Kier molecular flexibility index (Phi) is 4.73. The Balaban J connectivity index is 1.88. The van der Waals surface area contributed by atoms with Crippen LogP contribution in [0.25, 0.3) is 0 Å². The Morgan fingerprint density at radius 2 is 2.25 bits per heavy atom. The van der Waals surface area contributed by atoms with Crippen LogP contribution in [-0.2, 0) is 4.79 Å². The Morgan fingerprint density at radius 3 is 2.90 bits per heavy atom. The number of nitrogens with zero attached hydrogens (tertiary/aromatic N) is 2. The number of aryl methyl sites for hydroxylation is 1. The van der Waals surface area contributed by atoms with E-state index >= 15 is 0 Å². The molecule has 2 rings (SSSR count). The van der Waals surface area contributed by atoms with Crippen LogP contribution >= 0.6 is 0 Å². The first kappa shape index (κ1) is 14.9. The lowest BCUT2D eigenvalue weighted by Gasteiger charge is -2.20. The molecule has 0 saturated carbocycles. The molecule has 4 nitrogen and oxygen atoms in total. The van der Waals surface area contributed by atoms with Gasteiger partial charge in [-0.05, 0) is 45.1 Å². The molecule has 1 aliphatic rings. The van der Waals surface area contributed by atoms with E-state index < -0.39 is 5.82 Å². The SMILES string of the molecule is Cc1ccc(F)c(NC(=O)CN2CCC(N(C)C)C2)c1. The van der Waals surface area contributed by atoms with Crippen molar-refractivity contribution in [2.24, 2.45) is 0 Å². The van der Waals surface area contributed by atoms with Crippen molar-refractivity contribution in [3.63, 3.8) is 0 Å². The Hall–Kier alpha value is -1.46. The molecule has 0 bridgehead atoms. The van der Waals surface area contributed by atoms with Gasteiger partial charge >= 0.3 is 0 Å². The first-order chi connectivity index (χ1) is 9.45. The Morgan fingerprint density at radius 1 is 1.50 bits per heavy atom. The average molecular weight is 279 g/mol. The summed E-state index contributed by atoms with van der Waals surface area (Å²) in [5, 5.41) is 2.65. The van der Waals surface area contributed by atoms with Gasteiger partial charge in [0.25, 0.3) is 0 Å². The van der Waals surface area contributed by atoms with Gasteiger partial charge in [-0.15, -0.1) is 0 Å². The fourth-order valence-electron chi connectivity index (χ4n) is 2.51. The molecule has 1 amide bonds. The molecule has 1 atom stereocenters. The molecule has 0 radical (unpaired) electrons. The number of likely N-dealkylation sites (N-methyl/N-ethyl adjacent to an activating group) is 1. The quantitative estimate of drug-likeness (QED) is 0.911. The van der Waals surface area contributed by atoms with Gasteiger partial charge in [0, 0.05) is 19.1 Å². The zero-order valence-corrected chi connectivity index (χ0v) is 12.3. The van der Waals surface area contributed by atoms with E-state index in [1.54, 1.807) is 12.1 Å². The maximum Gasteiger partial charge on any atom is 0.238 e. The fourth-order valence-corrected chi connectivity index (χ4v) is 2.51. The topological polar surface area (TPSA) is 35.6 Å². The van der Waals surface area contributed by atoms with Gasteiger partial charge in [0.1, 0.15) is 5.82 Å². The minimum atomic E-state index is -0.392. The zero-order chi connectivity index (χ0) is 14.7. The molecular formula is C15H22FN3O. The van der Waals surface area contributed by atoms with Crippen LogP contribution in [-0.4, -0.2) is 55.5 Å². The number of rotatable bonds is 4. The van der Waals surface area contributed by atoms with Crippen LogP contribution in [0.3, 0.4) is 0 Å². The van der Waals surface area contributed by atoms with Gasteiger partial charge < -0.3 is 10.2 Å². The van der Waals surface area contributed by atoms with Crippen LogP contribution in [0.15, 0.2) is 18.2 Å². The highest BCUT2D eigenvalue weighted by molar-refractivity contribution is 5.92. The second-order valence-electron chi connectivity index (χ2n) is 5.67. The lowest BCUT2D eigenvalue weighted by atomic mass is 10.2. The van der Waals surface area contributed by atoms with Crippen molar-refractivity contribution in [1.29, 1.82) is 0 Å². The smallest absolute Gasteiger partial charge is 0.238 e. The predicted octanol–water partition coefficient (Wildman–Crippen LogP) is 1.71. The molecule has 0 spiro atoms. The summed E-state index contributed by atoms with van der Waals surface area (Å²) in [6.45, 7) is 3.98. The van der Waals surface area contributed by atoms with Crippen molar-refractivity contribution < 1.29 is 9.18 Å². The number of likely N-dealkylation sites (tertiary alicyclic amines) is 1. The van der Waals surface area contributed by atoms with Crippen LogP contribution in [0, 0.1) is 12.7 Å². The van der Waals surface area contributed by atoms with E-state index in [-0.39, 0.29) is 11.6 Å². The van der Waals surface area contributed by atoms with Crippen molar-refractivity contribution >= 4 is 11.6 Å². The Bertz CT molecular complexity index is 490. The summed E-state index contributed by atoms with van der Waals surface area (Å²) in [7, 11) is 4.10. The van der Waals surface area contributed by atoms with E-state index in [1.165, 1.54) is 6.07 Å². The predicted molar refractivity (Wildman–Crippen MR) is 78.3 cm³/mol. The van der Waals surface area contributed by atoms with Gasteiger partial charge in [0.2, 0.25) is 5.91 Å². The highest BCUT2D eigenvalue weighted by Gasteiger charge is 2.25. The number of nitrogens with one attached hydrogen (secondary N) is 1. The largest absolute Gasteiger partial charge is 0.322 e. The molecule has 1 aromatic carbocycles. The van der Waals surface area contributed by atoms with Crippen LogP contribution < -0.4 is 5.32 Å². The first-order valence-electron chi connectivity index (χ1n) is 6.90. The Labute approximate surface area is 119 Å². The van der Waals surface area contributed by atoms with Crippen LogP contribution in [0.5, 0.6) is 0 Å². The first-order valence-corrected chi connectivity index (χ1v) is 6.90. The lowest BCUT2D eigenvalue weighted by Crippen LogP contribution is -2.35. The summed E-state index contributed by atoms with van der Waals surface area (Å²) in [6, 6.07) is 5.22. The molecule has 0 aliphatic carbocycles. The fraction of sp³-hybridized carbons (Fsp3) is 0.533. The van der Waals surface area contributed by atoms with Gasteiger partial charge in [-0.2, -0.15) is 0 Å². The third-order valence-corrected chi connectivity index (χ3v) is 3.74. The van der Waals surface area contributed by atoms with E-state index in [2.05, 4.69) is 29.2 Å². The van der Waals surface area contributed by atoms with E-state index in [9.17, 15) is 9.18 Å². The zero-order valence-electron chi connectivity index (χ0n) is 12.3. The molecule has 1 N–H and O–H groups in total. The number of amides is 1. The molecule has 1 unspecified atom stereocenters. The number of hydrogen-bond donors (Lipinski definition) is 1. The molecule has 1 aliphatic heterocycles. The second-order valence-corrected chi connectivity index (χ2v) is 5.67. The van der Waals surface area contributed by atoms with Crippen LogP contribution in [0.1, 0.15) is 12.0 Å². The van der Waals surface area contributed by atoms with Gasteiger partial charge in [0.15, 0.2) is 0 Å². The molecule has 1 heterocycles. The maximum absolute atomic E-state index is 13.6. The second kappa shape index (κ2) is 6.33. The summed E-state index contributed by atoms with van der Waals surface area (Å²) in [6.07, 6.45) is 1.07. The van der Waals surface area contributed by atoms with Crippen molar-refractivity contribution in [2.75, 3.05) is 39.0 Å². The van der Waals surface area contributed by atoms with Gasteiger partial charge in [-0.3, -0.25) is 9.69 Å². The molecule has 1 fully saturated rings. The van der Waals surface area contributed by atoms with Crippen molar-refractivity contribution in [3.05, 3.63) is 29.6 Å². The third-order valence-electron chi connectivity index (χ3n) is 3.74. The summed E-state index contributed by atoms with van der Waals surface area (Å²) < 4.78 is 13.6. The summed E-state index contributed by atoms with van der Waals surface area (Å²) in [5.74, 6) is -0.551.